The average Bonchev–Trinajstić information content (AvgIpc) is 3.13. The Morgan fingerprint density at radius 2 is 1.05 bits per heavy atom. The second-order valence-electron chi connectivity index (χ2n) is 16.4. The highest BCUT2D eigenvalue weighted by atomic mass is 31.2. The van der Waals surface area contributed by atoms with Crippen molar-refractivity contribution in [1.82, 2.24) is 5.32 Å². The molecule has 0 aliphatic rings. The molecule has 0 bridgehead atoms. The smallest absolute Gasteiger partial charge is 0.387 e. The summed E-state index contributed by atoms with van der Waals surface area (Å²) in [5, 5.41) is 13.8. The SMILES string of the molecule is CCCCC/C=C\C=C/CCCCCCCCC(=O)NC(COP(=O)(O)OCC[N+](C)(C)C)C(O)/C=C/CC/C=C/CCCCCCCCCCCCCC. The number of carbonyl (C=O) groups excluding carboxylic acids is 1. The third-order valence-corrected chi connectivity index (χ3v) is 10.8. The van der Waals surface area contributed by atoms with Gasteiger partial charge in [-0.05, 0) is 57.8 Å². The lowest BCUT2D eigenvalue weighted by molar-refractivity contribution is -0.870. The third-order valence-electron chi connectivity index (χ3n) is 9.80. The molecule has 0 heterocycles. The van der Waals surface area contributed by atoms with E-state index < -0.39 is 20.0 Å². The van der Waals surface area contributed by atoms with E-state index in [1.807, 2.05) is 27.2 Å². The van der Waals surface area contributed by atoms with Gasteiger partial charge in [0.2, 0.25) is 5.91 Å². The van der Waals surface area contributed by atoms with Crippen LogP contribution in [-0.4, -0.2) is 73.4 Å². The summed E-state index contributed by atoms with van der Waals surface area (Å²) < 4.78 is 23.5. The summed E-state index contributed by atoms with van der Waals surface area (Å²) in [7, 11) is 1.54. The number of carbonyl (C=O) groups is 1. The van der Waals surface area contributed by atoms with Crippen molar-refractivity contribution in [2.75, 3.05) is 40.9 Å². The van der Waals surface area contributed by atoms with Gasteiger partial charge in [-0.25, -0.2) is 4.57 Å². The van der Waals surface area contributed by atoms with Gasteiger partial charge >= 0.3 is 7.82 Å². The topological polar surface area (TPSA) is 105 Å². The number of phosphoric ester groups is 1. The molecule has 0 aromatic carbocycles. The van der Waals surface area contributed by atoms with Crippen LogP contribution < -0.4 is 5.32 Å². The lowest BCUT2D eigenvalue weighted by atomic mass is 10.0. The fourth-order valence-electron chi connectivity index (χ4n) is 6.16. The maximum atomic E-state index is 12.9. The first kappa shape index (κ1) is 53.5. The van der Waals surface area contributed by atoms with Gasteiger partial charge in [0.1, 0.15) is 13.2 Å². The van der Waals surface area contributed by atoms with Crippen molar-refractivity contribution in [3.8, 4) is 0 Å². The quantitative estimate of drug-likeness (QED) is 0.0188. The van der Waals surface area contributed by atoms with Gasteiger partial charge in [0.15, 0.2) is 0 Å². The van der Waals surface area contributed by atoms with Crippen molar-refractivity contribution >= 4 is 13.7 Å². The minimum Gasteiger partial charge on any atom is -0.387 e. The molecule has 0 aromatic heterocycles. The highest BCUT2D eigenvalue weighted by Gasteiger charge is 2.27. The first-order chi connectivity index (χ1) is 26.5. The molecule has 8 nitrogen and oxygen atoms in total. The zero-order valence-corrected chi connectivity index (χ0v) is 37.3. The Hall–Kier alpha value is -1.54. The zero-order valence-electron chi connectivity index (χ0n) is 36.4. The number of amides is 1. The number of aliphatic hydroxyl groups is 1. The predicted octanol–water partition coefficient (Wildman–Crippen LogP) is 12.5. The summed E-state index contributed by atoms with van der Waals surface area (Å²) in [4.78, 5) is 23.1. The largest absolute Gasteiger partial charge is 0.472 e. The molecule has 55 heavy (non-hydrogen) atoms. The van der Waals surface area contributed by atoms with Crippen molar-refractivity contribution in [2.24, 2.45) is 0 Å². The van der Waals surface area contributed by atoms with Crippen LogP contribution in [0.1, 0.15) is 187 Å². The second kappa shape index (κ2) is 38.0. The summed E-state index contributed by atoms with van der Waals surface area (Å²) in [6, 6.07) is -0.869. The normalized spacial score (nSPS) is 14.8. The number of hydrogen-bond acceptors (Lipinski definition) is 5. The first-order valence-electron chi connectivity index (χ1n) is 22.5. The van der Waals surface area contributed by atoms with Gasteiger partial charge in [0, 0.05) is 6.42 Å². The molecule has 0 rings (SSSR count). The summed E-state index contributed by atoms with van der Waals surface area (Å²) in [5.41, 5.74) is 0. The molecule has 0 saturated carbocycles. The van der Waals surface area contributed by atoms with Gasteiger partial charge in [-0.3, -0.25) is 13.8 Å². The number of phosphoric acid groups is 1. The minimum absolute atomic E-state index is 0.0524. The second-order valence-corrected chi connectivity index (χ2v) is 17.9. The van der Waals surface area contributed by atoms with Crippen LogP contribution >= 0.6 is 7.82 Å². The number of unbranched alkanes of at least 4 members (excludes halogenated alkanes) is 22. The van der Waals surface area contributed by atoms with Crippen molar-refractivity contribution in [2.45, 2.75) is 199 Å². The van der Waals surface area contributed by atoms with E-state index >= 15 is 0 Å². The Morgan fingerprint density at radius 3 is 1.60 bits per heavy atom. The van der Waals surface area contributed by atoms with E-state index in [2.05, 4.69) is 55.6 Å². The molecule has 3 unspecified atom stereocenters. The number of likely N-dealkylation sites (N-methyl/N-ethyl adjacent to an activating group) is 1. The van der Waals surface area contributed by atoms with Gasteiger partial charge < -0.3 is 19.8 Å². The summed E-state index contributed by atoms with van der Waals surface area (Å²) in [5.74, 6) is -0.201. The van der Waals surface area contributed by atoms with Crippen molar-refractivity contribution in [3.63, 3.8) is 0 Å². The predicted molar refractivity (Wildman–Crippen MR) is 235 cm³/mol. The number of nitrogens with zero attached hydrogens (tertiary/aromatic N) is 1. The highest BCUT2D eigenvalue weighted by molar-refractivity contribution is 7.47. The van der Waals surface area contributed by atoms with E-state index in [1.165, 1.54) is 109 Å². The van der Waals surface area contributed by atoms with E-state index in [4.69, 9.17) is 9.05 Å². The Labute approximate surface area is 339 Å². The van der Waals surface area contributed by atoms with Crippen LogP contribution in [0.2, 0.25) is 0 Å². The van der Waals surface area contributed by atoms with Crippen LogP contribution in [0.4, 0.5) is 0 Å². The first-order valence-corrected chi connectivity index (χ1v) is 24.0. The molecule has 322 valence electrons. The van der Waals surface area contributed by atoms with E-state index in [9.17, 15) is 19.4 Å². The molecule has 0 fully saturated rings. The molecule has 0 saturated heterocycles. The Kier molecular flexibility index (Phi) is 36.9. The molecule has 3 atom stereocenters. The monoisotopic (exact) mass is 796 g/mol. The zero-order chi connectivity index (χ0) is 40.7. The van der Waals surface area contributed by atoms with E-state index in [0.717, 1.165) is 57.8 Å². The lowest BCUT2D eigenvalue weighted by Gasteiger charge is -2.25. The fourth-order valence-corrected chi connectivity index (χ4v) is 6.90. The molecule has 0 spiro atoms. The summed E-state index contributed by atoms with van der Waals surface area (Å²) >= 11 is 0. The Morgan fingerprint density at radius 1 is 0.618 bits per heavy atom. The van der Waals surface area contributed by atoms with Gasteiger partial charge in [-0.1, -0.05) is 172 Å². The van der Waals surface area contributed by atoms with Crippen LogP contribution in [-0.2, 0) is 18.4 Å². The number of quaternary nitrogens is 1. The molecular formula is C46H88N2O6P+. The Bertz CT molecular complexity index is 1040. The Balaban J connectivity index is 4.50. The van der Waals surface area contributed by atoms with E-state index in [1.54, 1.807) is 6.08 Å². The van der Waals surface area contributed by atoms with E-state index in [0.29, 0.717) is 17.4 Å². The molecule has 0 aromatic rings. The highest BCUT2D eigenvalue weighted by Crippen LogP contribution is 2.43. The number of allylic oxidation sites excluding steroid dienone is 7. The molecule has 0 aliphatic carbocycles. The number of aliphatic hydroxyl groups excluding tert-OH is 1. The molecular weight excluding hydrogens is 707 g/mol. The van der Waals surface area contributed by atoms with Crippen LogP contribution in [0.25, 0.3) is 0 Å². The molecule has 9 heteroatoms. The van der Waals surface area contributed by atoms with Crippen LogP contribution in [0.5, 0.6) is 0 Å². The van der Waals surface area contributed by atoms with Crippen LogP contribution in [0.3, 0.4) is 0 Å². The summed E-state index contributed by atoms with van der Waals surface area (Å²) in [6.07, 6.45) is 47.5. The van der Waals surface area contributed by atoms with Gasteiger partial charge in [0.05, 0.1) is 39.9 Å². The number of rotatable bonds is 40. The van der Waals surface area contributed by atoms with Crippen molar-refractivity contribution < 1.29 is 32.9 Å². The van der Waals surface area contributed by atoms with E-state index in [-0.39, 0.29) is 19.1 Å². The number of hydrogen-bond donors (Lipinski definition) is 3. The van der Waals surface area contributed by atoms with Crippen LogP contribution in [0, 0.1) is 0 Å². The standard InChI is InChI=1S/C46H87N2O6P/c1-6-8-10-12-14-16-18-20-22-23-24-26-27-29-31-33-35-37-39-45(49)44(43-54-55(51,52)53-42-41-48(3,4)5)47-46(50)40-38-36-34-32-30-28-25-21-19-17-15-13-11-9-7-2/h15,17,19,21,29,31,37,39,44-45,49H,6-14,16,18,20,22-28,30,32-36,38,40-43H2,1-5H3,(H-,47,50,51,52)/p+1/b17-15-,21-19-,31-29+,39-37+. The van der Waals surface area contributed by atoms with Gasteiger partial charge in [-0.2, -0.15) is 0 Å². The minimum atomic E-state index is -4.35. The van der Waals surface area contributed by atoms with Gasteiger partial charge in [-0.15, -0.1) is 0 Å². The average molecular weight is 796 g/mol. The lowest BCUT2D eigenvalue weighted by Crippen LogP contribution is -2.45. The van der Waals surface area contributed by atoms with Crippen molar-refractivity contribution in [3.05, 3.63) is 48.6 Å². The maximum Gasteiger partial charge on any atom is 0.472 e. The summed E-state index contributed by atoms with van der Waals surface area (Å²) in [6.45, 7) is 4.74. The molecule has 0 aliphatic heterocycles. The number of nitrogens with one attached hydrogen (secondary N) is 1. The fraction of sp³-hybridized carbons (Fsp3) is 0.804. The molecule has 1 amide bonds. The van der Waals surface area contributed by atoms with Gasteiger partial charge in [0.25, 0.3) is 0 Å². The van der Waals surface area contributed by atoms with Crippen LogP contribution in [0.15, 0.2) is 48.6 Å². The molecule has 0 radical (unpaired) electrons. The van der Waals surface area contributed by atoms with Crippen molar-refractivity contribution in [1.29, 1.82) is 0 Å². The third kappa shape index (κ3) is 40.5. The maximum absolute atomic E-state index is 12.9. The molecule has 3 N–H and O–H groups in total.